The predicted octanol–water partition coefficient (Wildman–Crippen LogP) is 5.76. The summed E-state index contributed by atoms with van der Waals surface area (Å²) in [6.07, 6.45) is -7.41. The van der Waals surface area contributed by atoms with Gasteiger partial charge in [0.25, 0.3) is 0 Å². The van der Waals surface area contributed by atoms with Crippen molar-refractivity contribution in [2.45, 2.75) is 31.2 Å². The zero-order valence-corrected chi connectivity index (χ0v) is 14.1. The summed E-state index contributed by atoms with van der Waals surface area (Å²) < 4.78 is 80.8. The number of piperidine rings is 1. The van der Waals surface area contributed by atoms with Gasteiger partial charge in [-0.15, -0.1) is 0 Å². The molecule has 0 radical (unpaired) electrons. The first-order chi connectivity index (χ1) is 12.7. The van der Waals surface area contributed by atoms with Crippen molar-refractivity contribution >= 4 is 21.8 Å². The number of hydrogen-bond acceptors (Lipinski definition) is 1. The number of alkyl halides is 6. The maximum atomic E-state index is 13.1. The smallest absolute Gasteiger partial charge is 0.336 e. The topological polar surface area (TPSA) is 17.0 Å². The molecule has 8 heteroatoms. The Balaban J connectivity index is 2.03. The molecule has 0 saturated carbocycles. The second-order valence-corrected chi connectivity index (χ2v) is 6.83. The molecule has 2 aromatic carbocycles. The van der Waals surface area contributed by atoms with Gasteiger partial charge in [-0.3, -0.25) is 0 Å². The van der Waals surface area contributed by atoms with E-state index in [4.69, 9.17) is 0 Å². The second-order valence-electron chi connectivity index (χ2n) is 6.83. The van der Waals surface area contributed by atoms with Gasteiger partial charge in [-0.1, -0.05) is 0 Å². The maximum absolute atomic E-state index is 13.1. The van der Waals surface area contributed by atoms with Crippen LogP contribution in [-0.2, 0) is 12.4 Å². The molecule has 0 spiro atoms. The Hall–Kier alpha value is -2.22. The van der Waals surface area contributed by atoms with Gasteiger partial charge in [-0.2, -0.15) is 26.3 Å². The molecule has 0 aliphatic carbocycles. The molecule has 0 unspecified atom stereocenters. The van der Waals surface area contributed by atoms with Crippen LogP contribution in [0.15, 0.2) is 36.4 Å². The zero-order valence-electron chi connectivity index (χ0n) is 14.1. The van der Waals surface area contributed by atoms with E-state index < -0.39 is 23.5 Å². The minimum Gasteiger partial charge on any atom is -0.336 e. The molecule has 1 aromatic heterocycles. The Kier molecular flexibility index (Phi) is 4.14. The number of nitrogens with zero attached hydrogens (tertiary/aromatic N) is 1. The first-order valence-corrected chi connectivity index (χ1v) is 8.59. The molecule has 3 aromatic rings. The summed E-state index contributed by atoms with van der Waals surface area (Å²) in [4.78, 5) is 0. The number of hydrogen-bond donors (Lipinski definition) is 1. The molecule has 27 heavy (non-hydrogen) atoms. The molecule has 1 N–H and O–H groups in total. The SMILES string of the molecule is FC(F)(F)c1ccc2c(c1)c1cc(C(F)(F)F)ccc1n2[C@H]1CCCNC1. The highest BCUT2D eigenvalue weighted by molar-refractivity contribution is 6.08. The average Bonchev–Trinajstić information content (AvgIpc) is 2.94. The molecule has 0 bridgehead atoms. The second kappa shape index (κ2) is 6.15. The number of halogens is 6. The lowest BCUT2D eigenvalue weighted by Gasteiger charge is -2.26. The summed E-state index contributed by atoms with van der Waals surface area (Å²) in [5.74, 6) is 0. The molecule has 1 aliphatic heterocycles. The quantitative estimate of drug-likeness (QED) is 0.527. The van der Waals surface area contributed by atoms with Crippen LogP contribution in [0.2, 0.25) is 0 Å². The van der Waals surface area contributed by atoms with Gasteiger partial charge in [-0.25, -0.2) is 0 Å². The minimum atomic E-state index is -4.56. The third-order valence-corrected chi connectivity index (χ3v) is 5.09. The van der Waals surface area contributed by atoms with Gasteiger partial charge in [0.1, 0.15) is 0 Å². The third kappa shape index (κ3) is 3.16. The maximum Gasteiger partial charge on any atom is 0.416 e. The van der Waals surface area contributed by atoms with Crippen LogP contribution in [0.5, 0.6) is 0 Å². The van der Waals surface area contributed by atoms with E-state index in [9.17, 15) is 26.3 Å². The van der Waals surface area contributed by atoms with Crippen LogP contribution in [0.25, 0.3) is 21.8 Å². The van der Waals surface area contributed by atoms with Crippen molar-refractivity contribution in [3.8, 4) is 0 Å². The highest BCUT2D eigenvalue weighted by atomic mass is 19.4. The molecule has 144 valence electrons. The van der Waals surface area contributed by atoms with E-state index in [0.717, 1.165) is 43.7 Å². The van der Waals surface area contributed by atoms with Gasteiger partial charge in [-0.05, 0) is 55.8 Å². The van der Waals surface area contributed by atoms with Crippen molar-refractivity contribution in [1.29, 1.82) is 0 Å². The van der Waals surface area contributed by atoms with E-state index in [1.807, 2.05) is 4.57 Å². The normalized spacial score (nSPS) is 19.1. The van der Waals surface area contributed by atoms with Gasteiger partial charge < -0.3 is 9.88 Å². The number of nitrogens with one attached hydrogen (secondary N) is 1. The van der Waals surface area contributed by atoms with Gasteiger partial charge >= 0.3 is 12.4 Å². The number of benzene rings is 2. The van der Waals surface area contributed by atoms with Crippen LogP contribution >= 0.6 is 0 Å². The van der Waals surface area contributed by atoms with Crippen molar-refractivity contribution in [3.63, 3.8) is 0 Å². The van der Waals surface area contributed by atoms with E-state index in [-0.39, 0.29) is 16.8 Å². The summed E-state index contributed by atoms with van der Waals surface area (Å²) in [7, 11) is 0. The first kappa shape index (κ1) is 18.2. The summed E-state index contributed by atoms with van der Waals surface area (Å²) in [6, 6.07) is 6.57. The molecule has 0 amide bonds. The van der Waals surface area contributed by atoms with Crippen LogP contribution in [-0.4, -0.2) is 17.7 Å². The third-order valence-electron chi connectivity index (χ3n) is 5.09. The van der Waals surface area contributed by atoms with Crippen molar-refractivity contribution in [2.75, 3.05) is 13.1 Å². The van der Waals surface area contributed by atoms with E-state index in [0.29, 0.717) is 17.6 Å². The van der Waals surface area contributed by atoms with Crippen molar-refractivity contribution < 1.29 is 26.3 Å². The molecule has 4 rings (SSSR count). The van der Waals surface area contributed by atoms with Crippen LogP contribution in [0.1, 0.15) is 30.0 Å². The van der Waals surface area contributed by atoms with E-state index in [2.05, 4.69) is 5.32 Å². The van der Waals surface area contributed by atoms with Crippen molar-refractivity contribution in [2.24, 2.45) is 0 Å². The van der Waals surface area contributed by atoms with E-state index >= 15 is 0 Å². The molecule has 2 nitrogen and oxygen atoms in total. The lowest BCUT2D eigenvalue weighted by molar-refractivity contribution is -0.138. The molecule has 2 heterocycles. The fourth-order valence-electron chi connectivity index (χ4n) is 3.85. The molecular weight excluding hydrogens is 370 g/mol. The lowest BCUT2D eigenvalue weighted by Crippen LogP contribution is -2.31. The van der Waals surface area contributed by atoms with Gasteiger partial charge in [0.2, 0.25) is 0 Å². The minimum absolute atomic E-state index is 0.0211. The summed E-state index contributed by atoms with van der Waals surface area (Å²) in [5.41, 5.74) is -0.696. The standard InChI is InChI=1S/C19H16F6N2/c20-18(21,22)11-3-5-16-14(8-11)15-9-12(19(23,24)25)4-6-17(15)27(16)13-2-1-7-26-10-13/h3-6,8-9,13,26H,1-2,7,10H2/t13-/m0/s1. The van der Waals surface area contributed by atoms with Gasteiger partial charge in [0.15, 0.2) is 0 Å². The Morgan fingerprint density at radius 3 is 1.74 bits per heavy atom. The van der Waals surface area contributed by atoms with Crippen LogP contribution in [0.3, 0.4) is 0 Å². The molecule has 1 fully saturated rings. The lowest BCUT2D eigenvalue weighted by atomic mass is 10.1. The highest BCUT2D eigenvalue weighted by Crippen LogP contribution is 2.40. The first-order valence-electron chi connectivity index (χ1n) is 8.59. The molecule has 1 saturated heterocycles. The highest BCUT2D eigenvalue weighted by Gasteiger charge is 2.33. The average molecular weight is 386 g/mol. The Bertz CT molecular complexity index is 922. The predicted molar refractivity (Wildman–Crippen MR) is 90.6 cm³/mol. The Morgan fingerprint density at radius 2 is 1.33 bits per heavy atom. The molecular formula is C19H16F6N2. The van der Waals surface area contributed by atoms with Crippen LogP contribution in [0, 0.1) is 0 Å². The van der Waals surface area contributed by atoms with Gasteiger partial charge in [0, 0.05) is 34.4 Å². The van der Waals surface area contributed by atoms with E-state index in [1.54, 1.807) is 0 Å². The largest absolute Gasteiger partial charge is 0.416 e. The summed E-state index contributed by atoms with van der Waals surface area (Å²) >= 11 is 0. The number of rotatable bonds is 1. The van der Waals surface area contributed by atoms with Crippen LogP contribution in [0.4, 0.5) is 26.3 Å². The fourth-order valence-corrected chi connectivity index (χ4v) is 3.85. The van der Waals surface area contributed by atoms with Gasteiger partial charge in [0.05, 0.1) is 11.1 Å². The van der Waals surface area contributed by atoms with Crippen molar-refractivity contribution in [3.05, 3.63) is 47.5 Å². The summed E-state index contributed by atoms with van der Waals surface area (Å²) in [5, 5.41) is 3.63. The fraction of sp³-hybridized carbons (Fsp3) is 0.368. The number of fused-ring (bicyclic) bond motifs is 3. The molecule has 1 aliphatic rings. The van der Waals surface area contributed by atoms with Crippen molar-refractivity contribution in [1.82, 2.24) is 9.88 Å². The van der Waals surface area contributed by atoms with Crippen LogP contribution < -0.4 is 5.32 Å². The Labute approximate surface area is 150 Å². The zero-order chi connectivity index (χ0) is 19.4. The Morgan fingerprint density at radius 1 is 0.815 bits per heavy atom. The monoisotopic (exact) mass is 386 g/mol. The van der Waals surface area contributed by atoms with E-state index in [1.165, 1.54) is 12.1 Å². The number of aromatic nitrogens is 1. The summed E-state index contributed by atoms with van der Waals surface area (Å²) in [6.45, 7) is 1.48. The molecule has 1 atom stereocenters.